The molecule has 22 heavy (non-hydrogen) atoms. The van der Waals surface area contributed by atoms with Gasteiger partial charge in [0.1, 0.15) is 0 Å². The van der Waals surface area contributed by atoms with Gasteiger partial charge in [0.2, 0.25) is 0 Å². The van der Waals surface area contributed by atoms with Crippen LogP contribution in [-0.2, 0) is 0 Å². The van der Waals surface area contributed by atoms with Crippen LogP contribution in [0, 0.1) is 21.0 Å². The normalized spacial score (nSPS) is 10.7. The van der Waals surface area contributed by atoms with E-state index in [4.69, 9.17) is 0 Å². The van der Waals surface area contributed by atoms with E-state index < -0.39 is 0 Å². The van der Waals surface area contributed by atoms with E-state index in [0.29, 0.717) is 0 Å². The topological polar surface area (TPSA) is 0 Å². The molecule has 3 rings (SSSR count). The van der Waals surface area contributed by atoms with Gasteiger partial charge in [-0.1, -0.05) is 66.2 Å². The lowest BCUT2D eigenvalue weighted by Gasteiger charge is -2.10. The fourth-order valence-corrected chi connectivity index (χ4v) is 3.84. The molecule has 0 nitrogen and oxygen atoms in total. The highest BCUT2D eigenvalue weighted by atomic mass is 127. The van der Waals surface area contributed by atoms with E-state index >= 15 is 0 Å². The molecule has 0 aliphatic carbocycles. The van der Waals surface area contributed by atoms with E-state index in [-0.39, 0.29) is 0 Å². The lowest BCUT2D eigenvalue weighted by atomic mass is 9.99. The quantitative estimate of drug-likeness (QED) is 0.331. The summed E-state index contributed by atoms with van der Waals surface area (Å²) >= 11 is 4.88. The van der Waals surface area contributed by atoms with Crippen LogP contribution in [0.25, 0.3) is 22.3 Å². The molecule has 0 fully saturated rings. The van der Waals surface area contributed by atoms with Crippen LogP contribution in [0.15, 0.2) is 60.7 Å². The van der Waals surface area contributed by atoms with Crippen LogP contribution in [0.1, 0.15) is 11.1 Å². The summed E-state index contributed by atoms with van der Waals surface area (Å²) in [7, 11) is 0. The number of hydrogen-bond acceptors (Lipinski definition) is 0. The van der Waals surface area contributed by atoms with Crippen molar-refractivity contribution in [3.05, 3.63) is 78.9 Å². The Morgan fingerprint density at radius 1 is 0.545 bits per heavy atom. The lowest BCUT2D eigenvalue weighted by molar-refractivity contribution is 1.40. The van der Waals surface area contributed by atoms with Crippen molar-refractivity contribution in [3.8, 4) is 22.3 Å². The maximum absolute atomic E-state index is 2.45. The zero-order chi connectivity index (χ0) is 15.7. The highest BCUT2D eigenvalue weighted by Crippen LogP contribution is 2.32. The predicted octanol–water partition coefficient (Wildman–Crippen LogP) is 6.85. The molecule has 0 unspecified atom stereocenters. The van der Waals surface area contributed by atoms with Gasteiger partial charge in [0.05, 0.1) is 0 Å². The van der Waals surface area contributed by atoms with Crippen molar-refractivity contribution < 1.29 is 0 Å². The largest absolute Gasteiger partial charge is 0.0587 e. The fourth-order valence-electron chi connectivity index (χ4n) is 2.46. The molecular formula is C20H16I2. The van der Waals surface area contributed by atoms with Crippen molar-refractivity contribution in [2.75, 3.05) is 0 Å². The standard InChI is InChI=1S/C20H16I2/c1-13-3-6-15(7-4-13)16-8-10-17(11-9-16)18-12-5-14(2)19(21)20(18)22/h3-12H,1-2H3. The minimum absolute atomic E-state index is 1.26. The Balaban J connectivity index is 1.98. The maximum Gasteiger partial charge on any atom is 0.0345 e. The molecule has 0 saturated carbocycles. The molecule has 0 aromatic heterocycles. The van der Waals surface area contributed by atoms with Crippen molar-refractivity contribution in [2.24, 2.45) is 0 Å². The van der Waals surface area contributed by atoms with Gasteiger partial charge >= 0.3 is 0 Å². The lowest BCUT2D eigenvalue weighted by Crippen LogP contribution is -1.90. The number of rotatable bonds is 2. The third-order valence-corrected chi connectivity index (χ3v) is 7.40. The second kappa shape index (κ2) is 6.71. The van der Waals surface area contributed by atoms with E-state index in [9.17, 15) is 0 Å². The van der Waals surface area contributed by atoms with E-state index in [1.807, 2.05) is 0 Å². The van der Waals surface area contributed by atoms with Gasteiger partial charge in [-0.05, 0) is 86.8 Å². The van der Waals surface area contributed by atoms with Crippen LogP contribution < -0.4 is 0 Å². The third kappa shape index (κ3) is 3.23. The average molecular weight is 510 g/mol. The Kier molecular flexibility index (Phi) is 4.88. The maximum atomic E-state index is 2.45. The second-order valence-electron chi connectivity index (χ2n) is 5.50. The first kappa shape index (κ1) is 16.0. The van der Waals surface area contributed by atoms with Gasteiger partial charge < -0.3 is 0 Å². The van der Waals surface area contributed by atoms with Crippen LogP contribution in [0.5, 0.6) is 0 Å². The number of benzene rings is 3. The smallest absolute Gasteiger partial charge is 0.0345 e. The van der Waals surface area contributed by atoms with Crippen molar-refractivity contribution in [2.45, 2.75) is 13.8 Å². The minimum Gasteiger partial charge on any atom is -0.0587 e. The Labute approximate surface area is 159 Å². The summed E-state index contributed by atoms with van der Waals surface area (Å²) < 4.78 is 2.68. The van der Waals surface area contributed by atoms with E-state index in [1.165, 1.54) is 40.5 Å². The number of aryl methyl sites for hydroxylation is 2. The molecule has 0 spiro atoms. The first-order chi connectivity index (χ1) is 10.6. The van der Waals surface area contributed by atoms with Crippen molar-refractivity contribution in [1.82, 2.24) is 0 Å². The third-order valence-electron chi connectivity index (χ3n) is 3.86. The van der Waals surface area contributed by atoms with E-state index in [2.05, 4.69) is 120 Å². The summed E-state index contributed by atoms with van der Waals surface area (Å²) in [6.07, 6.45) is 0. The van der Waals surface area contributed by atoms with Crippen LogP contribution in [0.2, 0.25) is 0 Å². The van der Waals surface area contributed by atoms with Crippen molar-refractivity contribution in [3.63, 3.8) is 0 Å². The summed E-state index contributed by atoms with van der Waals surface area (Å²) in [5, 5.41) is 0. The van der Waals surface area contributed by atoms with Gasteiger partial charge in [-0.15, -0.1) is 0 Å². The molecule has 0 bridgehead atoms. The zero-order valence-corrected chi connectivity index (χ0v) is 16.8. The summed E-state index contributed by atoms with van der Waals surface area (Å²) in [4.78, 5) is 0. The molecule has 0 heterocycles. The number of hydrogen-bond donors (Lipinski definition) is 0. The zero-order valence-electron chi connectivity index (χ0n) is 12.5. The molecule has 0 amide bonds. The molecule has 0 aliphatic rings. The molecule has 0 radical (unpaired) electrons. The Morgan fingerprint density at radius 2 is 1.05 bits per heavy atom. The molecule has 2 heteroatoms. The van der Waals surface area contributed by atoms with Gasteiger partial charge in [0.25, 0.3) is 0 Å². The van der Waals surface area contributed by atoms with Gasteiger partial charge in [-0.2, -0.15) is 0 Å². The second-order valence-corrected chi connectivity index (χ2v) is 7.66. The van der Waals surface area contributed by atoms with Gasteiger partial charge in [-0.3, -0.25) is 0 Å². The summed E-state index contributed by atoms with van der Waals surface area (Å²) in [5.41, 5.74) is 7.75. The van der Waals surface area contributed by atoms with Gasteiger partial charge in [0, 0.05) is 7.14 Å². The monoisotopic (exact) mass is 510 g/mol. The minimum atomic E-state index is 1.26. The first-order valence-electron chi connectivity index (χ1n) is 7.18. The Morgan fingerprint density at radius 3 is 1.64 bits per heavy atom. The van der Waals surface area contributed by atoms with Crippen molar-refractivity contribution in [1.29, 1.82) is 0 Å². The fraction of sp³-hybridized carbons (Fsp3) is 0.100. The average Bonchev–Trinajstić information content (AvgIpc) is 2.54. The summed E-state index contributed by atoms with van der Waals surface area (Å²) in [5.74, 6) is 0. The predicted molar refractivity (Wildman–Crippen MR) is 112 cm³/mol. The molecule has 0 atom stereocenters. The summed E-state index contributed by atoms with van der Waals surface area (Å²) in [6, 6.07) is 22.0. The Bertz CT molecular complexity index is 800. The van der Waals surface area contributed by atoms with Crippen LogP contribution in [-0.4, -0.2) is 0 Å². The van der Waals surface area contributed by atoms with E-state index in [1.54, 1.807) is 0 Å². The molecule has 3 aromatic carbocycles. The Hall–Kier alpha value is -0.880. The molecule has 110 valence electrons. The van der Waals surface area contributed by atoms with E-state index in [0.717, 1.165) is 0 Å². The van der Waals surface area contributed by atoms with Gasteiger partial charge in [-0.25, -0.2) is 0 Å². The summed E-state index contributed by atoms with van der Waals surface area (Å²) in [6.45, 7) is 4.28. The molecule has 3 aromatic rings. The molecule has 0 saturated heterocycles. The SMILES string of the molecule is Cc1ccc(-c2ccc(-c3ccc(C)c(I)c3I)cc2)cc1. The van der Waals surface area contributed by atoms with Crippen LogP contribution in [0.4, 0.5) is 0 Å². The highest BCUT2D eigenvalue weighted by molar-refractivity contribution is 14.1. The van der Waals surface area contributed by atoms with Crippen molar-refractivity contribution >= 4 is 45.2 Å². The first-order valence-corrected chi connectivity index (χ1v) is 9.34. The van der Waals surface area contributed by atoms with Gasteiger partial charge in [0.15, 0.2) is 0 Å². The highest BCUT2D eigenvalue weighted by Gasteiger charge is 2.08. The number of halogens is 2. The van der Waals surface area contributed by atoms with Crippen LogP contribution in [0.3, 0.4) is 0 Å². The molecular weight excluding hydrogens is 494 g/mol. The molecule has 0 N–H and O–H groups in total. The molecule has 0 aliphatic heterocycles. The van der Waals surface area contributed by atoms with Crippen LogP contribution >= 0.6 is 45.2 Å².